The van der Waals surface area contributed by atoms with Gasteiger partial charge in [0.25, 0.3) is 0 Å². The summed E-state index contributed by atoms with van der Waals surface area (Å²) >= 11 is 0. The summed E-state index contributed by atoms with van der Waals surface area (Å²) in [7, 11) is 0. The smallest absolute Gasteiger partial charge is 0.110 e. The molecule has 23 heavy (non-hydrogen) atoms. The Bertz CT molecular complexity index is 587. The van der Waals surface area contributed by atoms with E-state index in [0.717, 1.165) is 30.6 Å². The predicted octanol–water partition coefficient (Wildman–Crippen LogP) is 5.33. The summed E-state index contributed by atoms with van der Waals surface area (Å²) in [5, 5.41) is 3.31. The average Bonchev–Trinajstić information content (AvgIpc) is 2.90. The lowest BCUT2D eigenvalue weighted by atomic mass is 9.47. The Kier molecular flexibility index (Phi) is 3.49. The first-order chi connectivity index (χ1) is 11.0. The fraction of sp³-hybridized carbons (Fsp3) is 0.810. The molecule has 0 aromatic rings. The zero-order chi connectivity index (χ0) is 16.2. The van der Waals surface area contributed by atoms with Crippen molar-refractivity contribution in [1.29, 1.82) is 0 Å². The highest BCUT2D eigenvalue weighted by Gasteiger charge is 2.58. The van der Waals surface area contributed by atoms with E-state index >= 15 is 0 Å². The first-order valence-electron chi connectivity index (χ1n) is 9.52. The van der Waals surface area contributed by atoms with Crippen molar-refractivity contribution in [3.63, 3.8) is 0 Å². The highest BCUT2D eigenvalue weighted by Crippen LogP contribution is 2.66. The average molecular weight is 311 g/mol. The number of allylic oxidation sites excluding steroid dienone is 1. The highest BCUT2D eigenvalue weighted by molar-refractivity contribution is 5.26. The summed E-state index contributed by atoms with van der Waals surface area (Å²) in [6.45, 7) is 4.96. The molecule has 0 N–H and O–H groups in total. The van der Waals surface area contributed by atoms with E-state index in [1.807, 2.05) is 0 Å². The molecule has 4 aliphatic carbocycles. The van der Waals surface area contributed by atoms with Crippen LogP contribution in [0.2, 0.25) is 0 Å². The molecule has 0 aliphatic heterocycles. The number of hydrogen-bond acceptors (Lipinski definition) is 2. The summed E-state index contributed by atoms with van der Waals surface area (Å²) in [6, 6.07) is -0.0687. The third kappa shape index (κ3) is 2.01. The van der Waals surface area contributed by atoms with Gasteiger partial charge in [-0.15, -0.1) is 12.3 Å². The van der Waals surface area contributed by atoms with Gasteiger partial charge in [0.15, 0.2) is 0 Å². The highest BCUT2D eigenvalue weighted by atomic mass is 16.3. The van der Waals surface area contributed by atoms with Gasteiger partial charge in [-0.05, 0) is 80.0 Å². The molecule has 0 amide bonds. The van der Waals surface area contributed by atoms with Gasteiger partial charge in [0.2, 0.25) is 0 Å². The van der Waals surface area contributed by atoms with Gasteiger partial charge in [-0.3, -0.25) is 0 Å². The number of terminal acetylenes is 1. The second-order valence-corrected chi connectivity index (χ2v) is 9.08. The molecule has 0 spiro atoms. The fourth-order valence-corrected chi connectivity index (χ4v) is 7.07. The molecule has 4 aliphatic rings. The molecule has 2 heteroatoms. The van der Waals surface area contributed by atoms with Gasteiger partial charge in [-0.25, -0.2) is 0 Å². The summed E-state index contributed by atoms with van der Waals surface area (Å²) in [5.74, 6) is 6.07. The molecule has 0 bridgehead atoms. The monoisotopic (exact) mass is 311 g/mol. The lowest BCUT2D eigenvalue weighted by molar-refractivity contribution is -0.0446. The van der Waals surface area contributed by atoms with Crippen LogP contribution >= 0.6 is 0 Å². The Morgan fingerprint density at radius 3 is 2.70 bits per heavy atom. The van der Waals surface area contributed by atoms with Crippen LogP contribution in [0.1, 0.15) is 65.2 Å². The van der Waals surface area contributed by atoms with E-state index in [1.54, 1.807) is 5.57 Å². The maximum absolute atomic E-state index is 11.0. The Hall–Kier alpha value is -1.10. The largest absolute Gasteiger partial charge is 0.150 e. The third-order valence-corrected chi connectivity index (χ3v) is 8.43. The van der Waals surface area contributed by atoms with Crippen LogP contribution in [-0.4, -0.2) is 6.04 Å². The molecule has 4 rings (SSSR count). The number of rotatable bonds is 1. The Morgan fingerprint density at radius 1 is 1.13 bits per heavy atom. The van der Waals surface area contributed by atoms with Crippen LogP contribution in [0.5, 0.6) is 0 Å². The van der Waals surface area contributed by atoms with Crippen LogP contribution in [0.3, 0.4) is 0 Å². The topological polar surface area (TPSA) is 29.4 Å². The van der Waals surface area contributed by atoms with Crippen molar-refractivity contribution in [3.05, 3.63) is 16.6 Å². The molecule has 3 saturated carbocycles. The number of nitroso groups, excluding NO2 is 1. The Balaban J connectivity index is 1.66. The predicted molar refractivity (Wildman–Crippen MR) is 93.6 cm³/mol. The zero-order valence-electron chi connectivity index (χ0n) is 14.6. The normalized spacial score (nSPS) is 51.7. The van der Waals surface area contributed by atoms with Crippen molar-refractivity contribution in [2.24, 2.45) is 39.7 Å². The minimum atomic E-state index is -0.0687. The lowest BCUT2D eigenvalue weighted by Crippen LogP contribution is -2.50. The molecule has 2 nitrogen and oxygen atoms in total. The van der Waals surface area contributed by atoms with E-state index in [-0.39, 0.29) is 6.04 Å². The first-order valence-corrected chi connectivity index (χ1v) is 9.52. The van der Waals surface area contributed by atoms with Gasteiger partial charge in [0.05, 0.1) is 0 Å². The quantitative estimate of drug-likeness (QED) is 0.365. The maximum atomic E-state index is 11.0. The summed E-state index contributed by atoms with van der Waals surface area (Å²) in [5.41, 5.74) is 2.25. The van der Waals surface area contributed by atoms with Crippen LogP contribution < -0.4 is 0 Å². The number of fused-ring (bicyclic) bond motifs is 5. The van der Waals surface area contributed by atoms with E-state index in [2.05, 4.69) is 31.0 Å². The molecule has 0 aromatic heterocycles. The van der Waals surface area contributed by atoms with Gasteiger partial charge in [0.1, 0.15) is 6.04 Å². The molecular formula is C21H29NO. The zero-order valence-corrected chi connectivity index (χ0v) is 14.6. The van der Waals surface area contributed by atoms with Crippen molar-refractivity contribution in [2.45, 2.75) is 71.3 Å². The second-order valence-electron chi connectivity index (χ2n) is 9.08. The number of hydrogen-bond donors (Lipinski definition) is 0. The molecular weight excluding hydrogens is 282 g/mol. The van der Waals surface area contributed by atoms with E-state index in [0.29, 0.717) is 16.7 Å². The van der Waals surface area contributed by atoms with E-state index < -0.39 is 0 Å². The molecule has 3 fully saturated rings. The van der Waals surface area contributed by atoms with Crippen molar-refractivity contribution in [2.75, 3.05) is 0 Å². The van der Waals surface area contributed by atoms with Gasteiger partial charge < -0.3 is 0 Å². The Labute approximate surface area is 140 Å². The van der Waals surface area contributed by atoms with Gasteiger partial charge in [0, 0.05) is 5.92 Å². The molecule has 124 valence electrons. The SMILES string of the molecule is C#CC1CCC2C3CCC4=CC(N=O)CCC4(C)C3CCC12C. The van der Waals surface area contributed by atoms with Crippen LogP contribution in [0.15, 0.2) is 16.8 Å². The molecule has 0 aromatic carbocycles. The van der Waals surface area contributed by atoms with Crippen LogP contribution in [0, 0.1) is 51.8 Å². The summed E-state index contributed by atoms with van der Waals surface area (Å²) in [6.07, 6.45) is 17.8. The van der Waals surface area contributed by atoms with Gasteiger partial charge in [-0.1, -0.05) is 30.7 Å². The van der Waals surface area contributed by atoms with Crippen molar-refractivity contribution < 1.29 is 0 Å². The molecule has 7 atom stereocenters. The molecule has 0 saturated heterocycles. The lowest BCUT2D eigenvalue weighted by Gasteiger charge is -2.58. The maximum Gasteiger partial charge on any atom is 0.110 e. The second kappa shape index (κ2) is 5.20. The first kappa shape index (κ1) is 15.4. The van der Waals surface area contributed by atoms with Crippen LogP contribution in [0.4, 0.5) is 0 Å². The summed E-state index contributed by atoms with van der Waals surface area (Å²) < 4.78 is 0. The van der Waals surface area contributed by atoms with Gasteiger partial charge >= 0.3 is 0 Å². The van der Waals surface area contributed by atoms with Crippen molar-refractivity contribution in [1.82, 2.24) is 0 Å². The van der Waals surface area contributed by atoms with Crippen LogP contribution in [0.25, 0.3) is 0 Å². The Morgan fingerprint density at radius 2 is 1.96 bits per heavy atom. The van der Waals surface area contributed by atoms with E-state index in [1.165, 1.54) is 38.5 Å². The molecule has 0 heterocycles. The van der Waals surface area contributed by atoms with Crippen LogP contribution in [-0.2, 0) is 0 Å². The fourth-order valence-electron chi connectivity index (χ4n) is 7.07. The minimum Gasteiger partial charge on any atom is -0.150 e. The van der Waals surface area contributed by atoms with Gasteiger partial charge in [-0.2, -0.15) is 4.91 Å². The van der Waals surface area contributed by atoms with E-state index in [4.69, 9.17) is 6.42 Å². The minimum absolute atomic E-state index is 0.0687. The summed E-state index contributed by atoms with van der Waals surface area (Å²) in [4.78, 5) is 11.0. The van der Waals surface area contributed by atoms with Crippen molar-refractivity contribution in [3.8, 4) is 12.3 Å². The standard InChI is InChI=1S/C21H29NO/c1-4-14-6-8-18-17-7-5-15-13-16(22-23)9-11-21(15,3)19(17)10-12-20(14,18)2/h1,13-14,16-19H,5-12H2,2-3H3. The number of nitrogens with zero attached hydrogens (tertiary/aromatic N) is 1. The third-order valence-electron chi connectivity index (χ3n) is 8.43. The van der Waals surface area contributed by atoms with E-state index in [9.17, 15) is 4.91 Å². The van der Waals surface area contributed by atoms with Crippen molar-refractivity contribution >= 4 is 0 Å². The molecule has 7 unspecified atom stereocenters. The molecule has 0 radical (unpaired) electrons.